The first-order valence-electron chi connectivity index (χ1n) is 9.11. The van der Waals surface area contributed by atoms with Crippen LogP contribution in [0.5, 0.6) is 0 Å². The molecule has 24 heavy (non-hydrogen) atoms. The summed E-state index contributed by atoms with van der Waals surface area (Å²) in [5.74, 6) is 0.155. The van der Waals surface area contributed by atoms with Crippen LogP contribution in [0.4, 0.5) is 0 Å². The zero-order valence-electron chi connectivity index (χ0n) is 17.1. The first-order chi connectivity index (χ1) is 10.6. The van der Waals surface area contributed by atoms with Crippen LogP contribution in [-0.2, 0) is 18.4 Å². The molecule has 2 rings (SSSR count). The van der Waals surface area contributed by atoms with Gasteiger partial charge in [-0.1, -0.05) is 41.5 Å². The van der Waals surface area contributed by atoms with Crippen molar-refractivity contribution >= 4 is 22.4 Å². The average Bonchev–Trinajstić information content (AvgIpc) is 3.11. The number of carbonyl (C=O) groups excluding carboxylic acids is 1. The summed E-state index contributed by atoms with van der Waals surface area (Å²) in [6, 6.07) is 0. The molecular weight excluding hydrogens is 336 g/mol. The highest BCUT2D eigenvalue weighted by atomic mass is 28.4. The Kier molecular flexibility index (Phi) is 5.08. The molecule has 0 bridgehead atoms. The first-order valence-corrected chi connectivity index (χ1v) is 14.9. The normalized spacial score (nSPS) is 31.8. The van der Waals surface area contributed by atoms with Crippen LogP contribution in [0.1, 0.15) is 48.0 Å². The number of ether oxygens (including phenoxy) is 1. The van der Waals surface area contributed by atoms with Gasteiger partial charge in [0.2, 0.25) is 0 Å². The SMILES string of the molecule is CC(C)(C)[Si](C)(C)O[C@@H]1CC(=O)[C@H](O[Si](C)(C)C(C)(C)C)C2OC21. The molecule has 1 aliphatic carbocycles. The molecule has 1 aliphatic heterocycles. The van der Waals surface area contributed by atoms with Gasteiger partial charge in [0.05, 0.1) is 6.10 Å². The van der Waals surface area contributed by atoms with Crippen LogP contribution in [0.2, 0.25) is 36.3 Å². The molecule has 0 aromatic heterocycles. The Morgan fingerprint density at radius 1 is 0.875 bits per heavy atom. The van der Waals surface area contributed by atoms with Gasteiger partial charge < -0.3 is 13.6 Å². The van der Waals surface area contributed by atoms with E-state index in [4.69, 9.17) is 13.6 Å². The van der Waals surface area contributed by atoms with Crippen LogP contribution < -0.4 is 0 Å². The smallest absolute Gasteiger partial charge is 0.193 e. The van der Waals surface area contributed by atoms with Gasteiger partial charge in [0.15, 0.2) is 22.4 Å². The fourth-order valence-corrected chi connectivity index (χ4v) is 5.17. The van der Waals surface area contributed by atoms with E-state index in [0.717, 1.165) is 0 Å². The third kappa shape index (κ3) is 3.87. The van der Waals surface area contributed by atoms with Crippen molar-refractivity contribution < 1.29 is 18.4 Å². The van der Waals surface area contributed by atoms with Gasteiger partial charge in [-0.2, -0.15) is 0 Å². The molecule has 0 N–H and O–H groups in total. The number of ketones is 1. The summed E-state index contributed by atoms with van der Waals surface area (Å²) in [6.07, 6.45) is -0.132. The molecule has 1 heterocycles. The summed E-state index contributed by atoms with van der Waals surface area (Å²) in [5.41, 5.74) is 0. The number of carbonyl (C=O) groups is 1. The number of epoxide rings is 1. The summed E-state index contributed by atoms with van der Waals surface area (Å²) in [7, 11) is -3.88. The molecule has 1 saturated heterocycles. The monoisotopic (exact) mass is 372 g/mol. The largest absolute Gasteiger partial charge is 0.411 e. The zero-order chi connectivity index (χ0) is 18.7. The molecule has 2 aliphatic rings. The molecule has 0 radical (unpaired) electrons. The van der Waals surface area contributed by atoms with Crippen molar-refractivity contribution in [1.82, 2.24) is 0 Å². The van der Waals surface area contributed by atoms with E-state index in [-0.39, 0.29) is 34.2 Å². The average molecular weight is 373 g/mol. The van der Waals surface area contributed by atoms with Gasteiger partial charge in [-0.05, 0) is 36.3 Å². The molecule has 0 spiro atoms. The van der Waals surface area contributed by atoms with Crippen molar-refractivity contribution in [2.24, 2.45) is 0 Å². The van der Waals surface area contributed by atoms with Crippen molar-refractivity contribution in [3.63, 3.8) is 0 Å². The lowest BCUT2D eigenvalue weighted by Gasteiger charge is -2.41. The van der Waals surface area contributed by atoms with Crippen molar-refractivity contribution in [1.29, 1.82) is 0 Å². The predicted molar refractivity (Wildman–Crippen MR) is 102 cm³/mol. The number of hydrogen-bond donors (Lipinski definition) is 0. The molecular formula is C18H36O4Si2. The zero-order valence-corrected chi connectivity index (χ0v) is 19.1. The molecule has 0 aromatic rings. The van der Waals surface area contributed by atoms with E-state index in [9.17, 15) is 4.79 Å². The maximum absolute atomic E-state index is 12.7. The van der Waals surface area contributed by atoms with Crippen LogP contribution in [0.25, 0.3) is 0 Å². The lowest BCUT2D eigenvalue weighted by molar-refractivity contribution is -0.130. The highest BCUT2D eigenvalue weighted by molar-refractivity contribution is 6.74. The Balaban J connectivity index is 2.05. The molecule has 140 valence electrons. The molecule has 6 heteroatoms. The minimum absolute atomic E-state index is 0.0339. The topological polar surface area (TPSA) is 48.1 Å². The summed E-state index contributed by atoms with van der Waals surface area (Å²) in [5, 5.41) is 0.223. The fourth-order valence-electron chi connectivity index (χ4n) is 2.58. The van der Waals surface area contributed by atoms with E-state index in [2.05, 4.69) is 67.7 Å². The fraction of sp³-hybridized carbons (Fsp3) is 0.944. The third-order valence-electron chi connectivity index (χ3n) is 6.43. The Morgan fingerprint density at radius 2 is 1.33 bits per heavy atom. The summed E-state index contributed by atoms with van der Waals surface area (Å²) < 4.78 is 18.7. The van der Waals surface area contributed by atoms with Gasteiger partial charge in [0.1, 0.15) is 18.3 Å². The predicted octanol–water partition coefficient (Wildman–Crippen LogP) is 4.51. The van der Waals surface area contributed by atoms with Gasteiger partial charge in [-0.15, -0.1) is 0 Å². The summed E-state index contributed by atoms with van der Waals surface area (Å²) >= 11 is 0. The van der Waals surface area contributed by atoms with Crippen LogP contribution in [0.3, 0.4) is 0 Å². The quantitative estimate of drug-likeness (QED) is 0.538. The first kappa shape index (κ1) is 20.3. The van der Waals surface area contributed by atoms with Crippen LogP contribution in [0.15, 0.2) is 0 Å². The highest BCUT2D eigenvalue weighted by Crippen LogP contribution is 2.46. The second-order valence-electron chi connectivity index (χ2n) is 10.5. The number of rotatable bonds is 4. The minimum Gasteiger partial charge on any atom is -0.411 e. The van der Waals surface area contributed by atoms with Crippen molar-refractivity contribution in [3.8, 4) is 0 Å². The van der Waals surface area contributed by atoms with Gasteiger partial charge in [-0.3, -0.25) is 4.79 Å². The van der Waals surface area contributed by atoms with Crippen molar-refractivity contribution in [2.75, 3.05) is 0 Å². The van der Waals surface area contributed by atoms with Gasteiger partial charge in [0.25, 0.3) is 0 Å². The van der Waals surface area contributed by atoms with Crippen LogP contribution in [-0.4, -0.2) is 46.8 Å². The second-order valence-corrected chi connectivity index (χ2v) is 20.0. The lowest BCUT2D eigenvalue weighted by atomic mass is 9.94. The highest BCUT2D eigenvalue weighted by Gasteiger charge is 2.60. The van der Waals surface area contributed by atoms with Gasteiger partial charge in [-0.25, -0.2) is 0 Å². The summed E-state index contributed by atoms with van der Waals surface area (Å²) in [4.78, 5) is 12.7. The second kappa shape index (κ2) is 6.01. The molecule has 0 amide bonds. The van der Waals surface area contributed by atoms with E-state index in [1.165, 1.54) is 0 Å². The van der Waals surface area contributed by atoms with E-state index < -0.39 is 22.7 Å². The maximum atomic E-state index is 12.7. The third-order valence-corrected chi connectivity index (χ3v) is 15.4. The standard InChI is InChI=1S/C18H36O4Si2/c1-17(2,3)23(7,8)21-13-11-12(19)14(16-15(13)20-16)22-24(9,10)18(4,5)6/h13-16H,11H2,1-10H3/t13-,14+,15?,16?/m1/s1. The molecule has 2 unspecified atom stereocenters. The van der Waals surface area contributed by atoms with Crippen LogP contribution in [0, 0.1) is 0 Å². The Hall–Kier alpha value is -0.0162. The minimum atomic E-state index is -1.98. The lowest BCUT2D eigenvalue weighted by Crippen LogP contribution is -2.53. The van der Waals surface area contributed by atoms with Crippen molar-refractivity contribution in [3.05, 3.63) is 0 Å². The van der Waals surface area contributed by atoms with E-state index in [1.54, 1.807) is 0 Å². The molecule has 4 nitrogen and oxygen atoms in total. The van der Waals surface area contributed by atoms with E-state index in [1.807, 2.05) is 0 Å². The van der Waals surface area contributed by atoms with E-state index >= 15 is 0 Å². The van der Waals surface area contributed by atoms with Gasteiger partial charge in [0, 0.05) is 6.42 Å². The number of hydrogen-bond acceptors (Lipinski definition) is 4. The Bertz CT molecular complexity index is 502. The number of Topliss-reactive ketones (excluding diaryl/α,β-unsaturated/α-hetero) is 1. The van der Waals surface area contributed by atoms with Crippen molar-refractivity contribution in [2.45, 2.75) is 109 Å². The van der Waals surface area contributed by atoms with E-state index in [0.29, 0.717) is 6.42 Å². The Labute approximate surface area is 149 Å². The molecule has 0 aromatic carbocycles. The summed E-state index contributed by atoms with van der Waals surface area (Å²) in [6.45, 7) is 22.1. The van der Waals surface area contributed by atoms with Crippen LogP contribution >= 0.6 is 0 Å². The molecule has 2 fully saturated rings. The molecule has 4 atom stereocenters. The Morgan fingerprint density at radius 3 is 1.79 bits per heavy atom. The number of fused-ring (bicyclic) bond motifs is 1. The molecule has 1 saturated carbocycles. The maximum Gasteiger partial charge on any atom is 0.193 e. The van der Waals surface area contributed by atoms with Gasteiger partial charge >= 0.3 is 0 Å².